The van der Waals surface area contributed by atoms with Crippen LogP contribution in [-0.4, -0.2) is 39.3 Å². The van der Waals surface area contributed by atoms with Gasteiger partial charge in [0.05, 0.1) is 22.5 Å². The number of halogens is 2. The number of carbonyl (C=O) groups excluding carboxylic acids is 2. The van der Waals surface area contributed by atoms with Gasteiger partial charge in [0.1, 0.15) is 17.5 Å². The molecule has 2 aromatic carbocycles. The highest BCUT2D eigenvalue weighted by molar-refractivity contribution is 6.06. The topological polar surface area (TPSA) is 87.2 Å². The molecule has 3 atom stereocenters. The van der Waals surface area contributed by atoms with Crippen LogP contribution >= 0.6 is 0 Å². The summed E-state index contributed by atoms with van der Waals surface area (Å²) in [5.74, 6) is -0.934. The molecule has 0 radical (unpaired) electrons. The van der Waals surface area contributed by atoms with Crippen molar-refractivity contribution in [3.63, 3.8) is 0 Å². The van der Waals surface area contributed by atoms with Gasteiger partial charge in [0.15, 0.2) is 0 Å². The summed E-state index contributed by atoms with van der Waals surface area (Å²) < 4.78 is 28.4. The molecule has 4 aromatic rings. The molecular weight excluding hydrogens is 512 g/mol. The molecule has 2 unspecified atom stereocenters. The van der Waals surface area contributed by atoms with E-state index in [1.165, 1.54) is 12.1 Å². The number of nitrogens with one attached hydrogen (secondary N) is 2. The van der Waals surface area contributed by atoms with E-state index in [-0.39, 0.29) is 18.4 Å². The highest BCUT2D eigenvalue weighted by atomic mass is 19.1. The number of hydrogen-bond donors (Lipinski definition) is 2. The average Bonchev–Trinajstić information content (AvgIpc) is 3.43. The van der Waals surface area contributed by atoms with Crippen LogP contribution in [0.25, 0.3) is 10.9 Å². The standard InChI is InChI=1S/C31H27F2N5O2/c1-17-28(39)38(30(2,16-36-17)22-9-23(32)11-24(33)10-22)15-18-6-19-7-20-12-31(13-21(20)8-26(19)35-14-18)25-4-3-5-34-27(25)37-29(31)40/h3-11,14,17,36H,12-13,15-16H2,1-2H3,(H,34,37,40)/t17?,30?,31-/m0/s1. The van der Waals surface area contributed by atoms with Crippen molar-refractivity contribution in [3.8, 4) is 0 Å². The SMILES string of the molecule is CC1NCC(C)(c2cc(F)cc(F)c2)N(Cc2cnc3cc4c(cc3c2)C[C@@]2(C4)C(=O)Nc3ncccc32)C1=O. The first-order valence-corrected chi connectivity index (χ1v) is 13.4. The lowest BCUT2D eigenvalue weighted by atomic mass is 9.79. The van der Waals surface area contributed by atoms with E-state index < -0.39 is 28.6 Å². The van der Waals surface area contributed by atoms with Crippen molar-refractivity contribution < 1.29 is 18.4 Å². The molecule has 202 valence electrons. The van der Waals surface area contributed by atoms with Gasteiger partial charge >= 0.3 is 0 Å². The molecule has 2 amide bonds. The number of pyridine rings is 2. The van der Waals surface area contributed by atoms with E-state index in [0.29, 0.717) is 30.8 Å². The predicted octanol–water partition coefficient (Wildman–Crippen LogP) is 4.13. The van der Waals surface area contributed by atoms with Gasteiger partial charge < -0.3 is 15.5 Å². The molecule has 1 fully saturated rings. The van der Waals surface area contributed by atoms with Crippen molar-refractivity contribution in [2.75, 3.05) is 11.9 Å². The molecule has 4 heterocycles. The fourth-order valence-corrected chi connectivity index (χ4v) is 6.60. The summed E-state index contributed by atoms with van der Waals surface area (Å²) in [4.78, 5) is 37.2. The van der Waals surface area contributed by atoms with Gasteiger partial charge in [-0.25, -0.2) is 13.8 Å². The molecular formula is C31H27F2N5O2. The minimum absolute atomic E-state index is 0.0329. The Hall–Kier alpha value is -4.24. The molecule has 2 aromatic heterocycles. The zero-order valence-corrected chi connectivity index (χ0v) is 22.1. The fourth-order valence-electron chi connectivity index (χ4n) is 6.60. The van der Waals surface area contributed by atoms with E-state index in [0.717, 1.165) is 39.2 Å². The molecule has 7 rings (SSSR count). The zero-order chi connectivity index (χ0) is 27.8. The second kappa shape index (κ2) is 8.63. The molecule has 7 nitrogen and oxygen atoms in total. The largest absolute Gasteiger partial charge is 0.326 e. The Kier molecular flexibility index (Phi) is 5.34. The van der Waals surface area contributed by atoms with Gasteiger partial charge in [0.2, 0.25) is 11.8 Å². The third-order valence-electron chi connectivity index (χ3n) is 8.84. The molecule has 2 aliphatic heterocycles. The normalized spacial score (nSPS) is 25.4. The molecule has 1 aliphatic carbocycles. The number of fused-ring (bicyclic) bond motifs is 4. The Morgan fingerprint density at radius 3 is 2.55 bits per heavy atom. The minimum Gasteiger partial charge on any atom is -0.326 e. The highest BCUT2D eigenvalue weighted by Gasteiger charge is 2.51. The second-order valence-electron chi connectivity index (χ2n) is 11.4. The van der Waals surface area contributed by atoms with Crippen LogP contribution in [0.15, 0.2) is 60.9 Å². The predicted molar refractivity (Wildman–Crippen MR) is 145 cm³/mol. The van der Waals surface area contributed by atoms with Crippen LogP contribution in [0.1, 0.15) is 41.7 Å². The molecule has 1 spiro atoms. The lowest BCUT2D eigenvalue weighted by Crippen LogP contribution is -2.63. The number of piperazine rings is 1. The lowest BCUT2D eigenvalue weighted by molar-refractivity contribution is -0.144. The van der Waals surface area contributed by atoms with Crippen LogP contribution in [-0.2, 0) is 39.9 Å². The second-order valence-corrected chi connectivity index (χ2v) is 11.4. The summed E-state index contributed by atoms with van der Waals surface area (Å²) in [5, 5.41) is 7.03. The Balaban J connectivity index is 1.24. The van der Waals surface area contributed by atoms with Gasteiger partial charge in [0.25, 0.3) is 0 Å². The van der Waals surface area contributed by atoms with E-state index in [2.05, 4.69) is 21.7 Å². The number of nitrogens with zero attached hydrogens (tertiary/aromatic N) is 3. The Morgan fingerprint density at radius 2 is 1.77 bits per heavy atom. The van der Waals surface area contributed by atoms with Crippen molar-refractivity contribution in [1.82, 2.24) is 20.2 Å². The third-order valence-corrected chi connectivity index (χ3v) is 8.84. The monoisotopic (exact) mass is 539 g/mol. The zero-order valence-electron chi connectivity index (χ0n) is 22.1. The van der Waals surface area contributed by atoms with Crippen LogP contribution in [0.2, 0.25) is 0 Å². The minimum atomic E-state index is -0.969. The number of carbonyl (C=O) groups is 2. The summed E-state index contributed by atoms with van der Waals surface area (Å²) in [7, 11) is 0. The van der Waals surface area contributed by atoms with Gasteiger partial charge in [0, 0.05) is 42.5 Å². The molecule has 0 bridgehead atoms. The van der Waals surface area contributed by atoms with Gasteiger partial charge in [-0.2, -0.15) is 0 Å². The average molecular weight is 540 g/mol. The van der Waals surface area contributed by atoms with Crippen LogP contribution in [0.5, 0.6) is 0 Å². The number of amides is 2. The summed E-state index contributed by atoms with van der Waals surface area (Å²) in [5.41, 5.74) is 3.46. The maximum atomic E-state index is 14.2. The Labute approximate surface area is 229 Å². The maximum absolute atomic E-state index is 14.2. The van der Waals surface area contributed by atoms with Crippen molar-refractivity contribution in [3.05, 3.63) is 100 Å². The molecule has 2 N–H and O–H groups in total. The summed E-state index contributed by atoms with van der Waals surface area (Å²) in [6.07, 6.45) is 4.58. The van der Waals surface area contributed by atoms with Gasteiger partial charge in [-0.3, -0.25) is 14.6 Å². The van der Waals surface area contributed by atoms with E-state index >= 15 is 0 Å². The van der Waals surface area contributed by atoms with Crippen molar-refractivity contribution >= 4 is 28.5 Å². The number of aromatic nitrogens is 2. The molecule has 40 heavy (non-hydrogen) atoms. The lowest BCUT2D eigenvalue weighted by Gasteiger charge is -2.47. The third kappa shape index (κ3) is 3.64. The fraction of sp³-hybridized carbons (Fsp3) is 0.290. The number of hydrogen-bond acceptors (Lipinski definition) is 5. The summed E-state index contributed by atoms with van der Waals surface area (Å²) in [6, 6.07) is 12.9. The van der Waals surface area contributed by atoms with Crippen LogP contribution in [0.3, 0.4) is 0 Å². The van der Waals surface area contributed by atoms with Crippen molar-refractivity contribution in [2.24, 2.45) is 0 Å². The summed E-state index contributed by atoms with van der Waals surface area (Å²) >= 11 is 0. The smallest absolute Gasteiger partial charge is 0.240 e. The van der Waals surface area contributed by atoms with E-state index in [1.54, 1.807) is 24.2 Å². The molecule has 9 heteroatoms. The van der Waals surface area contributed by atoms with E-state index in [4.69, 9.17) is 4.98 Å². The number of benzene rings is 2. The first-order chi connectivity index (χ1) is 19.2. The molecule has 0 saturated carbocycles. The van der Waals surface area contributed by atoms with Gasteiger partial charge in [-0.15, -0.1) is 0 Å². The first kappa shape index (κ1) is 24.8. The number of rotatable bonds is 3. The van der Waals surface area contributed by atoms with Crippen molar-refractivity contribution in [2.45, 2.75) is 50.2 Å². The first-order valence-electron chi connectivity index (χ1n) is 13.4. The van der Waals surface area contributed by atoms with E-state index in [9.17, 15) is 18.4 Å². The highest BCUT2D eigenvalue weighted by Crippen LogP contribution is 2.47. The summed E-state index contributed by atoms with van der Waals surface area (Å²) in [6.45, 7) is 4.17. The quantitative estimate of drug-likeness (QED) is 0.409. The van der Waals surface area contributed by atoms with Gasteiger partial charge in [-0.1, -0.05) is 6.07 Å². The van der Waals surface area contributed by atoms with Crippen molar-refractivity contribution in [1.29, 1.82) is 0 Å². The van der Waals surface area contributed by atoms with Crippen LogP contribution < -0.4 is 10.6 Å². The Bertz CT molecular complexity index is 1720. The van der Waals surface area contributed by atoms with Crippen LogP contribution in [0, 0.1) is 11.6 Å². The van der Waals surface area contributed by atoms with E-state index in [1.807, 2.05) is 31.2 Å². The Morgan fingerprint density at radius 1 is 1.02 bits per heavy atom. The maximum Gasteiger partial charge on any atom is 0.240 e. The van der Waals surface area contributed by atoms with Crippen LogP contribution in [0.4, 0.5) is 14.6 Å². The van der Waals surface area contributed by atoms with Gasteiger partial charge in [-0.05, 0) is 85.3 Å². The molecule has 1 saturated heterocycles. The molecule has 3 aliphatic rings. The number of anilines is 1.